The average molecular weight is 236 g/mol. The van der Waals surface area contributed by atoms with Crippen molar-refractivity contribution in [3.63, 3.8) is 0 Å². The summed E-state index contributed by atoms with van der Waals surface area (Å²) in [5.41, 5.74) is 1.56. The summed E-state index contributed by atoms with van der Waals surface area (Å²) < 4.78 is 5.12. The number of ether oxygens (including phenoxy) is 1. The summed E-state index contributed by atoms with van der Waals surface area (Å²) >= 11 is 0. The molecule has 0 atom stereocenters. The molecule has 94 valence electrons. The van der Waals surface area contributed by atoms with Crippen molar-refractivity contribution in [1.29, 1.82) is 0 Å². The minimum Gasteiger partial charge on any atom is -0.504 e. The number of phenols is 1. The molecular formula is C14H20O3. The van der Waals surface area contributed by atoms with Crippen LogP contribution >= 0.6 is 0 Å². The number of aryl methyl sites for hydroxylation is 1. The first-order chi connectivity index (χ1) is 7.75. The molecule has 0 spiro atoms. The van der Waals surface area contributed by atoms with Crippen molar-refractivity contribution in [1.82, 2.24) is 0 Å². The zero-order valence-corrected chi connectivity index (χ0v) is 11.1. The summed E-state index contributed by atoms with van der Waals surface area (Å²) in [7, 11) is 0. The summed E-state index contributed by atoms with van der Waals surface area (Å²) in [6, 6.07) is 3.59. The van der Waals surface area contributed by atoms with E-state index in [0.717, 1.165) is 11.1 Å². The van der Waals surface area contributed by atoms with Gasteiger partial charge < -0.3 is 9.84 Å². The van der Waals surface area contributed by atoms with E-state index in [-0.39, 0.29) is 29.3 Å². The number of esters is 1. The predicted octanol–water partition coefficient (Wildman–Crippen LogP) is 3.31. The number of rotatable bonds is 2. The SMILES string of the molecule is CCC(=O)Oc1cc(C)cc(C(C)(C)C)c1O. The van der Waals surface area contributed by atoms with E-state index in [1.54, 1.807) is 13.0 Å². The van der Waals surface area contributed by atoms with Crippen LogP contribution in [0.3, 0.4) is 0 Å². The van der Waals surface area contributed by atoms with E-state index in [1.165, 1.54) is 0 Å². The van der Waals surface area contributed by atoms with Gasteiger partial charge in [-0.2, -0.15) is 0 Å². The predicted molar refractivity (Wildman–Crippen MR) is 67.5 cm³/mol. The van der Waals surface area contributed by atoms with Gasteiger partial charge in [-0.3, -0.25) is 4.79 Å². The van der Waals surface area contributed by atoms with Gasteiger partial charge in [0, 0.05) is 12.0 Å². The van der Waals surface area contributed by atoms with Crippen LogP contribution in [-0.2, 0) is 10.2 Å². The third-order valence-corrected chi connectivity index (χ3v) is 2.54. The molecule has 3 nitrogen and oxygen atoms in total. The van der Waals surface area contributed by atoms with Gasteiger partial charge in [-0.1, -0.05) is 33.8 Å². The number of carbonyl (C=O) groups is 1. The van der Waals surface area contributed by atoms with Crippen molar-refractivity contribution in [2.75, 3.05) is 0 Å². The molecule has 0 heterocycles. The molecule has 0 saturated heterocycles. The fourth-order valence-corrected chi connectivity index (χ4v) is 1.59. The molecule has 0 bridgehead atoms. The molecule has 0 amide bonds. The molecule has 1 N–H and O–H groups in total. The van der Waals surface area contributed by atoms with Crippen LogP contribution < -0.4 is 4.74 Å². The molecular weight excluding hydrogens is 216 g/mol. The number of hydrogen-bond donors (Lipinski definition) is 1. The molecule has 0 aliphatic carbocycles. The summed E-state index contributed by atoms with van der Waals surface area (Å²) in [4.78, 5) is 11.3. The van der Waals surface area contributed by atoms with Crippen LogP contribution in [0.1, 0.15) is 45.2 Å². The largest absolute Gasteiger partial charge is 0.504 e. The number of hydrogen-bond acceptors (Lipinski definition) is 3. The average Bonchev–Trinajstić information content (AvgIpc) is 2.21. The van der Waals surface area contributed by atoms with Gasteiger partial charge in [0.15, 0.2) is 11.5 Å². The highest BCUT2D eigenvalue weighted by Gasteiger charge is 2.22. The molecule has 1 aromatic rings. The van der Waals surface area contributed by atoms with Crippen LogP contribution in [0.25, 0.3) is 0 Å². The van der Waals surface area contributed by atoms with E-state index in [1.807, 2.05) is 33.8 Å². The standard InChI is InChI=1S/C14H20O3/c1-6-12(15)17-11-8-9(2)7-10(13(11)16)14(3,4)5/h7-8,16H,6H2,1-5H3. The summed E-state index contributed by atoms with van der Waals surface area (Å²) in [6.45, 7) is 9.66. The molecule has 1 aromatic carbocycles. The minimum absolute atomic E-state index is 0.0601. The van der Waals surface area contributed by atoms with Gasteiger partial charge in [0.05, 0.1) is 0 Å². The van der Waals surface area contributed by atoms with Crippen molar-refractivity contribution in [3.8, 4) is 11.5 Å². The highest BCUT2D eigenvalue weighted by molar-refractivity contribution is 5.73. The van der Waals surface area contributed by atoms with Crippen LogP contribution in [0.2, 0.25) is 0 Å². The highest BCUT2D eigenvalue weighted by atomic mass is 16.5. The van der Waals surface area contributed by atoms with Gasteiger partial charge in [-0.15, -0.1) is 0 Å². The zero-order chi connectivity index (χ0) is 13.2. The molecule has 0 aromatic heterocycles. The lowest BCUT2D eigenvalue weighted by molar-refractivity contribution is -0.134. The topological polar surface area (TPSA) is 46.5 Å². The van der Waals surface area contributed by atoms with Gasteiger partial charge in [-0.25, -0.2) is 0 Å². The van der Waals surface area contributed by atoms with Crippen molar-refractivity contribution in [2.45, 2.75) is 46.5 Å². The van der Waals surface area contributed by atoms with E-state index in [9.17, 15) is 9.90 Å². The number of benzene rings is 1. The highest BCUT2D eigenvalue weighted by Crippen LogP contribution is 2.38. The summed E-state index contributed by atoms with van der Waals surface area (Å²) in [5.74, 6) is -0.0302. The van der Waals surface area contributed by atoms with Crippen LogP contribution in [0.4, 0.5) is 0 Å². The van der Waals surface area contributed by atoms with Crippen molar-refractivity contribution in [3.05, 3.63) is 23.3 Å². The van der Waals surface area contributed by atoms with E-state index < -0.39 is 0 Å². The molecule has 3 heteroatoms. The molecule has 1 rings (SSSR count). The molecule has 0 saturated carbocycles. The Bertz CT molecular complexity index is 428. The van der Waals surface area contributed by atoms with Crippen LogP contribution in [-0.4, -0.2) is 11.1 Å². The van der Waals surface area contributed by atoms with Gasteiger partial charge in [-0.05, 0) is 24.0 Å². The first-order valence-electron chi connectivity index (χ1n) is 5.80. The maximum absolute atomic E-state index is 11.3. The van der Waals surface area contributed by atoms with Crippen LogP contribution in [0.15, 0.2) is 12.1 Å². The Kier molecular flexibility index (Phi) is 3.81. The number of phenolic OH excluding ortho intramolecular Hbond substituents is 1. The summed E-state index contributed by atoms with van der Waals surface area (Å²) in [6.07, 6.45) is 0.290. The van der Waals surface area contributed by atoms with Gasteiger partial charge in [0.2, 0.25) is 0 Å². The van der Waals surface area contributed by atoms with E-state index in [0.29, 0.717) is 0 Å². The first kappa shape index (κ1) is 13.6. The lowest BCUT2D eigenvalue weighted by Gasteiger charge is -2.22. The monoisotopic (exact) mass is 236 g/mol. The lowest BCUT2D eigenvalue weighted by Crippen LogP contribution is -2.13. The summed E-state index contributed by atoms with van der Waals surface area (Å²) in [5, 5.41) is 10.1. The molecule has 0 radical (unpaired) electrons. The molecule has 0 fully saturated rings. The van der Waals surface area contributed by atoms with E-state index in [4.69, 9.17) is 4.74 Å². The third-order valence-electron chi connectivity index (χ3n) is 2.54. The Morgan fingerprint density at radius 3 is 2.41 bits per heavy atom. The van der Waals surface area contributed by atoms with Crippen molar-refractivity contribution < 1.29 is 14.6 Å². The molecule has 0 aliphatic heterocycles. The Balaban J connectivity index is 3.24. The zero-order valence-electron chi connectivity index (χ0n) is 11.1. The van der Waals surface area contributed by atoms with Crippen molar-refractivity contribution >= 4 is 5.97 Å². The molecule has 0 aliphatic rings. The van der Waals surface area contributed by atoms with Crippen LogP contribution in [0.5, 0.6) is 11.5 Å². The smallest absolute Gasteiger partial charge is 0.311 e. The fourth-order valence-electron chi connectivity index (χ4n) is 1.59. The minimum atomic E-state index is -0.342. The fraction of sp³-hybridized carbons (Fsp3) is 0.500. The van der Waals surface area contributed by atoms with Gasteiger partial charge >= 0.3 is 5.97 Å². The second kappa shape index (κ2) is 4.78. The maximum Gasteiger partial charge on any atom is 0.311 e. The second-order valence-electron chi connectivity index (χ2n) is 5.24. The number of carbonyl (C=O) groups excluding carboxylic acids is 1. The maximum atomic E-state index is 11.3. The lowest BCUT2D eigenvalue weighted by atomic mass is 9.85. The van der Waals surface area contributed by atoms with E-state index in [2.05, 4.69) is 0 Å². The Morgan fingerprint density at radius 2 is 1.94 bits per heavy atom. The normalized spacial score (nSPS) is 11.4. The molecule has 0 unspecified atom stereocenters. The van der Waals surface area contributed by atoms with Crippen molar-refractivity contribution in [2.24, 2.45) is 0 Å². The number of aromatic hydroxyl groups is 1. The van der Waals surface area contributed by atoms with Gasteiger partial charge in [0.25, 0.3) is 0 Å². The second-order valence-corrected chi connectivity index (χ2v) is 5.24. The Morgan fingerprint density at radius 1 is 1.35 bits per heavy atom. The Hall–Kier alpha value is -1.51. The quantitative estimate of drug-likeness (QED) is 0.633. The first-order valence-corrected chi connectivity index (χ1v) is 5.80. The molecule has 17 heavy (non-hydrogen) atoms. The van der Waals surface area contributed by atoms with Crippen LogP contribution in [0, 0.1) is 6.92 Å². The third kappa shape index (κ3) is 3.22. The Labute approximate surface area is 102 Å². The van der Waals surface area contributed by atoms with Gasteiger partial charge in [0.1, 0.15) is 0 Å². The van der Waals surface area contributed by atoms with E-state index >= 15 is 0 Å².